The minimum Gasteiger partial charge on any atom is -0.289 e. The van der Waals surface area contributed by atoms with Gasteiger partial charge in [0.25, 0.3) is 0 Å². The van der Waals surface area contributed by atoms with Crippen LogP contribution in [0.3, 0.4) is 0 Å². The Morgan fingerprint density at radius 3 is 2.72 bits per heavy atom. The van der Waals surface area contributed by atoms with Crippen LogP contribution in [0.25, 0.3) is 6.08 Å². The molecule has 0 saturated carbocycles. The van der Waals surface area contributed by atoms with Crippen molar-refractivity contribution in [2.24, 2.45) is 0 Å². The summed E-state index contributed by atoms with van der Waals surface area (Å²) in [4.78, 5) is 15.9. The molecule has 0 amide bonds. The van der Waals surface area contributed by atoms with Gasteiger partial charge < -0.3 is 0 Å². The summed E-state index contributed by atoms with van der Waals surface area (Å²) < 4.78 is 1.77. The SMILES string of the molecule is CCn1cc(C(=O)/C=C/c2ccncc2)c(C)n1. The molecule has 0 aliphatic rings. The Balaban J connectivity index is 2.17. The number of hydrogen-bond donors (Lipinski definition) is 0. The number of aryl methyl sites for hydroxylation is 2. The van der Waals surface area contributed by atoms with Gasteiger partial charge in [-0.05, 0) is 37.6 Å². The van der Waals surface area contributed by atoms with Crippen molar-refractivity contribution < 1.29 is 4.79 Å². The summed E-state index contributed by atoms with van der Waals surface area (Å²) in [7, 11) is 0. The number of carbonyl (C=O) groups is 1. The van der Waals surface area contributed by atoms with Crippen molar-refractivity contribution in [3.8, 4) is 0 Å². The molecule has 0 N–H and O–H groups in total. The van der Waals surface area contributed by atoms with Crippen LogP contribution in [0.4, 0.5) is 0 Å². The zero-order valence-electron chi connectivity index (χ0n) is 10.5. The molecule has 4 heteroatoms. The van der Waals surface area contributed by atoms with Crippen molar-refractivity contribution in [3.63, 3.8) is 0 Å². The standard InChI is InChI=1S/C14H15N3O/c1-3-17-10-13(11(2)16-17)14(18)5-4-12-6-8-15-9-7-12/h4-10H,3H2,1-2H3/b5-4+. The van der Waals surface area contributed by atoms with E-state index in [0.29, 0.717) is 5.56 Å². The van der Waals surface area contributed by atoms with E-state index in [9.17, 15) is 4.79 Å². The lowest BCUT2D eigenvalue weighted by molar-refractivity contribution is 0.104. The van der Waals surface area contributed by atoms with Gasteiger partial charge >= 0.3 is 0 Å². The van der Waals surface area contributed by atoms with Gasteiger partial charge in [-0.1, -0.05) is 6.08 Å². The molecule has 18 heavy (non-hydrogen) atoms. The minimum atomic E-state index is -0.0241. The van der Waals surface area contributed by atoms with E-state index in [-0.39, 0.29) is 5.78 Å². The lowest BCUT2D eigenvalue weighted by Crippen LogP contribution is -1.94. The molecule has 2 rings (SSSR count). The minimum absolute atomic E-state index is 0.0241. The molecule has 0 spiro atoms. The highest BCUT2D eigenvalue weighted by molar-refractivity contribution is 6.07. The summed E-state index contributed by atoms with van der Waals surface area (Å²) in [6.45, 7) is 4.61. The van der Waals surface area contributed by atoms with Crippen LogP contribution in [0.2, 0.25) is 0 Å². The number of carbonyl (C=O) groups excluding carboxylic acids is 1. The third-order valence-corrected chi connectivity index (χ3v) is 2.67. The first-order chi connectivity index (χ1) is 8.70. The van der Waals surface area contributed by atoms with Crippen molar-refractivity contribution in [2.75, 3.05) is 0 Å². The van der Waals surface area contributed by atoms with Crippen LogP contribution >= 0.6 is 0 Å². The summed E-state index contributed by atoms with van der Waals surface area (Å²) in [5.74, 6) is -0.0241. The lowest BCUT2D eigenvalue weighted by Gasteiger charge is -1.92. The third kappa shape index (κ3) is 2.71. The quantitative estimate of drug-likeness (QED) is 0.610. The van der Waals surface area contributed by atoms with Crippen LogP contribution in [-0.2, 0) is 6.54 Å². The summed E-state index contributed by atoms with van der Waals surface area (Å²) in [5, 5.41) is 4.26. The summed E-state index contributed by atoms with van der Waals surface area (Å²) in [6.07, 6.45) is 8.54. The van der Waals surface area contributed by atoms with Crippen LogP contribution in [0, 0.1) is 6.92 Å². The second kappa shape index (κ2) is 5.40. The molecule has 4 nitrogen and oxygen atoms in total. The maximum atomic E-state index is 12.0. The van der Waals surface area contributed by atoms with Gasteiger partial charge in [0.05, 0.1) is 11.3 Å². The molecule has 2 aromatic heterocycles. The van der Waals surface area contributed by atoms with E-state index in [0.717, 1.165) is 17.8 Å². The Hall–Kier alpha value is -2.23. The number of aromatic nitrogens is 3. The van der Waals surface area contributed by atoms with Gasteiger partial charge in [0, 0.05) is 25.1 Å². The van der Waals surface area contributed by atoms with Crippen LogP contribution < -0.4 is 0 Å². The molecule has 0 aliphatic heterocycles. The molecular weight excluding hydrogens is 226 g/mol. The number of pyridine rings is 1. The first-order valence-electron chi connectivity index (χ1n) is 5.87. The van der Waals surface area contributed by atoms with Crippen LogP contribution in [-0.4, -0.2) is 20.5 Å². The molecule has 0 bridgehead atoms. The van der Waals surface area contributed by atoms with Gasteiger partial charge in [-0.25, -0.2) is 0 Å². The average molecular weight is 241 g/mol. The maximum Gasteiger partial charge on any atom is 0.189 e. The predicted octanol–water partition coefficient (Wildman–Crippen LogP) is 2.50. The van der Waals surface area contributed by atoms with Crippen LogP contribution in [0.5, 0.6) is 0 Å². The van der Waals surface area contributed by atoms with Crippen LogP contribution in [0.15, 0.2) is 36.8 Å². The van der Waals surface area contributed by atoms with E-state index in [1.807, 2.05) is 26.0 Å². The molecule has 2 heterocycles. The smallest absolute Gasteiger partial charge is 0.189 e. The van der Waals surface area contributed by atoms with Crippen molar-refractivity contribution >= 4 is 11.9 Å². The number of allylic oxidation sites excluding steroid dienone is 1. The molecule has 0 aliphatic carbocycles. The Morgan fingerprint density at radius 1 is 1.39 bits per heavy atom. The lowest BCUT2D eigenvalue weighted by atomic mass is 10.1. The van der Waals surface area contributed by atoms with E-state index >= 15 is 0 Å². The Labute approximate surface area is 106 Å². The Kier molecular flexibility index (Phi) is 3.67. The van der Waals surface area contributed by atoms with E-state index in [2.05, 4.69) is 10.1 Å². The van der Waals surface area contributed by atoms with Crippen molar-refractivity contribution in [1.82, 2.24) is 14.8 Å². The first kappa shape index (κ1) is 12.2. The van der Waals surface area contributed by atoms with E-state index in [4.69, 9.17) is 0 Å². The zero-order valence-corrected chi connectivity index (χ0v) is 10.5. The normalized spacial score (nSPS) is 11.0. The molecule has 2 aromatic rings. The molecule has 0 atom stereocenters. The third-order valence-electron chi connectivity index (χ3n) is 2.67. The van der Waals surface area contributed by atoms with Crippen LogP contribution in [0.1, 0.15) is 28.5 Å². The maximum absolute atomic E-state index is 12.0. The molecular formula is C14H15N3O. The molecule has 0 unspecified atom stereocenters. The fourth-order valence-corrected chi connectivity index (χ4v) is 1.66. The highest BCUT2D eigenvalue weighted by Crippen LogP contribution is 2.09. The van der Waals surface area contributed by atoms with Crippen molar-refractivity contribution in [3.05, 3.63) is 53.6 Å². The second-order valence-electron chi connectivity index (χ2n) is 3.96. The first-order valence-corrected chi connectivity index (χ1v) is 5.87. The van der Waals surface area contributed by atoms with Gasteiger partial charge in [0.1, 0.15) is 0 Å². The summed E-state index contributed by atoms with van der Waals surface area (Å²) in [5.41, 5.74) is 2.38. The average Bonchev–Trinajstić information content (AvgIpc) is 2.78. The van der Waals surface area contributed by atoms with Crippen molar-refractivity contribution in [1.29, 1.82) is 0 Å². The Bertz CT molecular complexity index is 570. The molecule has 0 saturated heterocycles. The van der Waals surface area contributed by atoms with Gasteiger partial charge in [-0.3, -0.25) is 14.5 Å². The second-order valence-corrected chi connectivity index (χ2v) is 3.96. The summed E-state index contributed by atoms with van der Waals surface area (Å²) >= 11 is 0. The monoisotopic (exact) mass is 241 g/mol. The predicted molar refractivity (Wildman–Crippen MR) is 70.2 cm³/mol. The largest absolute Gasteiger partial charge is 0.289 e. The number of hydrogen-bond acceptors (Lipinski definition) is 3. The zero-order chi connectivity index (χ0) is 13.0. The topological polar surface area (TPSA) is 47.8 Å². The van der Waals surface area contributed by atoms with E-state index in [1.165, 1.54) is 0 Å². The van der Waals surface area contributed by atoms with Crippen molar-refractivity contribution in [2.45, 2.75) is 20.4 Å². The van der Waals surface area contributed by atoms with E-state index in [1.54, 1.807) is 35.4 Å². The fourth-order valence-electron chi connectivity index (χ4n) is 1.66. The highest BCUT2D eigenvalue weighted by atomic mass is 16.1. The molecule has 0 radical (unpaired) electrons. The van der Waals surface area contributed by atoms with Gasteiger partial charge in [-0.2, -0.15) is 5.10 Å². The van der Waals surface area contributed by atoms with E-state index < -0.39 is 0 Å². The van der Waals surface area contributed by atoms with Gasteiger partial charge in [0.15, 0.2) is 5.78 Å². The summed E-state index contributed by atoms with van der Waals surface area (Å²) in [6, 6.07) is 3.71. The highest BCUT2D eigenvalue weighted by Gasteiger charge is 2.09. The molecule has 0 fully saturated rings. The Morgan fingerprint density at radius 2 is 2.11 bits per heavy atom. The fraction of sp³-hybridized carbons (Fsp3) is 0.214. The van der Waals surface area contributed by atoms with Gasteiger partial charge in [0.2, 0.25) is 0 Å². The molecule has 0 aromatic carbocycles. The molecule has 92 valence electrons. The van der Waals surface area contributed by atoms with Gasteiger partial charge in [-0.15, -0.1) is 0 Å². The number of ketones is 1. The number of nitrogens with zero attached hydrogens (tertiary/aromatic N) is 3. The number of rotatable bonds is 4.